The number of aromatic nitrogens is 1. The van der Waals surface area contributed by atoms with Crippen molar-refractivity contribution in [3.05, 3.63) is 100 Å². The molecule has 32 heavy (non-hydrogen) atoms. The third-order valence-corrected chi connectivity index (χ3v) is 6.86. The molecule has 5 nitrogen and oxygen atoms in total. The summed E-state index contributed by atoms with van der Waals surface area (Å²) in [6.07, 6.45) is 5.38. The molecule has 0 amide bonds. The number of nitrogens with zero attached hydrogens (tertiary/aromatic N) is 4. The van der Waals surface area contributed by atoms with Gasteiger partial charge in [-0.1, -0.05) is 64.5 Å². The van der Waals surface area contributed by atoms with E-state index in [9.17, 15) is 15.3 Å². The van der Waals surface area contributed by atoms with Crippen LogP contribution in [0.1, 0.15) is 27.5 Å². The van der Waals surface area contributed by atoms with Gasteiger partial charge in [0.25, 0.3) is 0 Å². The van der Waals surface area contributed by atoms with Crippen LogP contribution >= 0.6 is 15.9 Å². The first-order valence-corrected chi connectivity index (χ1v) is 11.0. The molecule has 2 aliphatic heterocycles. The minimum Gasteiger partial charge on any atom is -0.349 e. The Kier molecular flexibility index (Phi) is 4.89. The number of pyridine rings is 1. The molecule has 0 saturated carbocycles. The molecule has 6 heteroatoms. The average Bonchev–Trinajstić information content (AvgIpc) is 3.15. The second kappa shape index (κ2) is 7.75. The van der Waals surface area contributed by atoms with Crippen molar-refractivity contribution in [2.24, 2.45) is 5.41 Å². The Labute approximate surface area is 194 Å². The van der Waals surface area contributed by atoms with Gasteiger partial charge in [0.15, 0.2) is 11.2 Å². The number of carbonyl (C=O) groups is 1. The topological polar surface area (TPSA) is 80.8 Å². The fourth-order valence-electron chi connectivity index (χ4n) is 4.93. The van der Waals surface area contributed by atoms with Gasteiger partial charge < -0.3 is 4.90 Å². The van der Waals surface area contributed by atoms with Crippen molar-refractivity contribution in [2.45, 2.75) is 18.0 Å². The molecule has 154 valence electrons. The van der Waals surface area contributed by atoms with Crippen molar-refractivity contribution in [3.8, 4) is 12.1 Å². The highest BCUT2D eigenvalue weighted by Gasteiger charge is 2.63. The van der Waals surface area contributed by atoms with Crippen molar-refractivity contribution < 1.29 is 4.79 Å². The van der Waals surface area contributed by atoms with E-state index in [1.165, 1.54) is 0 Å². The van der Waals surface area contributed by atoms with E-state index in [1.54, 1.807) is 18.3 Å². The van der Waals surface area contributed by atoms with Crippen LogP contribution in [-0.4, -0.2) is 22.9 Å². The summed E-state index contributed by atoms with van der Waals surface area (Å²) < 4.78 is 0.886. The third-order valence-electron chi connectivity index (χ3n) is 6.33. The molecule has 1 aromatic heterocycles. The molecule has 0 radical (unpaired) electrons. The molecule has 1 fully saturated rings. The highest BCUT2D eigenvalue weighted by atomic mass is 79.9. The Morgan fingerprint density at radius 1 is 1.00 bits per heavy atom. The molecular weight excluding hydrogens is 464 g/mol. The zero-order valence-electron chi connectivity index (χ0n) is 16.9. The quantitative estimate of drug-likeness (QED) is 0.485. The lowest BCUT2D eigenvalue weighted by atomic mass is 9.69. The Bertz CT molecular complexity index is 1290. The van der Waals surface area contributed by atoms with Gasteiger partial charge in [0.2, 0.25) is 0 Å². The number of ketones is 1. The molecule has 0 spiro atoms. The normalized spacial score (nSPS) is 22.3. The second-order valence-corrected chi connectivity index (χ2v) is 8.83. The highest BCUT2D eigenvalue weighted by molar-refractivity contribution is 9.10. The summed E-state index contributed by atoms with van der Waals surface area (Å²) in [6.45, 7) is 0. The van der Waals surface area contributed by atoms with Crippen LogP contribution in [0.15, 0.2) is 83.5 Å². The first kappa shape index (κ1) is 20.2. The van der Waals surface area contributed by atoms with Crippen molar-refractivity contribution in [1.29, 1.82) is 10.5 Å². The van der Waals surface area contributed by atoms with Gasteiger partial charge in [0.1, 0.15) is 6.04 Å². The summed E-state index contributed by atoms with van der Waals surface area (Å²) in [4.78, 5) is 20.3. The van der Waals surface area contributed by atoms with Gasteiger partial charge >= 0.3 is 0 Å². The van der Waals surface area contributed by atoms with Gasteiger partial charge in [-0.3, -0.25) is 9.78 Å². The van der Waals surface area contributed by atoms with E-state index < -0.39 is 23.4 Å². The van der Waals surface area contributed by atoms with Crippen LogP contribution < -0.4 is 4.90 Å². The molecule has 2 aromatic carbocycles. The van der Waals surface area contributed by atoms with E-state index in [-0.39, 0.29) is 5.78 Å². The molecule has 3 atom stereocenters. The van der Waals surface area contributed by atoms with Gasteiger partial charge in [-0.15, -0.1) is 0 Å². The standard InChI is InChI=1S/C26H17BrN4O/c27-19-10-8-17(9-11-19)23-24(25(32)18-5-2-1-3-6-18)31-21-7-4-14-30-20(21)12-13-22(31)26(23,15-28)16-29/h1-14,22-24H/t22-,23+,24+/m0/s1. The van der Waals surface area contributed by atoms with Crippen LogP contribution in [0.25, 0.3) is 6.08 Å². The van der Waals surface area contributed by atoms with E-state index in [4.69, 9.17) is 0 Å². The predicted molar refractivity (Wildman–Crippen MR) is 125 cm³/mol. The van der Waals surface area contributed by atoms with Crippen LogP contribution in [-0.2, 0) is 0 Å². The number of fused-ring (bicyclic) bond motifs is 3. The number of hydrogen-bond acceptors (Lipinski definition) is 5. The zero-order valence-corrected chi connectivity index (χ0v) is 18.5. The summed E-state index contributed by atoms with van der Waals surface area (Å²) in [5, 5.41) is 20.8. The molecule has 0 N–H and O–H groups in total. The van der Waals surface area contributed by atoms with Crippen molar-refractivity contribution in [2.75, 3.05) is 4.90 Å². The number of Topliss-reactive ketones (excluding diaryl/α,β-unsaturated/α-hetero) is 1. The molecule has 0 unspecified atom stereocenters. The summed E-state index contributed by atoms with van der Waals surface area (Å²) in [5.74, 6) is -0.778. The molecule has 3 aromatic rings. The van der Waals surface area contributed by atoms with Crippen LogP contribution in [0.5, 0.6) is 0 Å². The van der Waals surface area contributed by atoms with Crippen LogP contribution in [0.4, 0.5) is 5.69 Å². The molecule has 0 bridgehead atoms. The average molecular weight is 481 g/mol. The maximum Gasteiger partial charge on any atom is 0.185 e. The summed E-state index contributed by atoms with van der Waals surface area (Å²) in [6, 6.07) is 23.6. The number of rotatable bonds is 3. The van der Waals surface area contributed by atoms with Gasteiger partial charge in [-0.2, -0.15) is 10.5 Å². The van der Waals surface area contributed by atoms with E-state index in [0.717, 1.165) is 21.4 Å². The summed E-state index contributed by atoms with van der Waals surface area (Å²) in [5.41, 5.74) is 1.34. The largest absolute Gasteiger partial charge is 0.349 e. The maximum atomic E-state index is 14.0. The fraction of sp³-hybridized carbons (Fsp3) is 0.154. The minimum atomic E-state index is -1.45. The number of nitriles is 2. The lowest BCUT2D eigenvalue weighted by molar-refractivity contribution is 0.0951. The number of benzene rings is 2. The Morgan fingerprint density at radius 2 is 1.72 bits per heavy atom. The van der Waals surface area contributed by atoms with E-state index in [1.807, 2.05) is 71.6 Å². The first-order chi connectivity index (χ1) is 15.6. The van der Waals surface area contributed by atoms with Crippen molar-refractivity contribution in [1.82, 2.24) is 4.98 Å². The van der Waals surface area contributed by atoms with E-state index >= 15 is 0 Å². The molecule has 2 aliphatic rings. The number of anilines is 1. The second-order valence-electron chi connectivity index (χ2n) is 7.92. The van der Waals surface area contributed by atoms with Crippen LogP contribution in [0.2, 0.25) is 0 Å². The number of halogens is 1. The van der Waals surface area contributed by atoms with Gasteiger partial charge in [0, 0.05) is 22.2 Å². The molecule has 3 heterocycles. The number of hydrogen-bond donors (Lipinski definition) is 0. The molecule has 1 saturated heterocycles. The molecular formula is C26H17BrN4O. The van der Waals surface area contributed by atoms with Gasteiger partial charge in [0.05, 0.1) is 29.6 Å². The smallest absolute Gasteiger partial charge is 0.185 e. The van der Waals surface area contributed by atoms with Crippen molar-refractivity contribution in [3.63, 3.8) is 0 Å². The monoisotopic (exact) mass is 480 g/mol. The van der Waals surface area contributed by atoms with E-state index in [2.05, 4.69) is 33.1 Å². The van der Waals surface area contributed by atoms with Gasteiger partial charge in [-0.05, 0) is 35.9 Å². The molecule has 0 aliphatic carbocycles. The Balaban J connectivity index is 1.79. The van der Waals surface area contributed by atoms with Crippen LogP contribution in [0.3, 0.4) is 0 Å². The highest BCUT2D eigenvalue weighted by Crippen LogP contribution is 2.55. The predicted octanol–water partition coefficient (Wildman–Crippen LogP) is 5.13. The summed E-state index contributed by atoms with van der Waals surface area (Å²) >= 11 is 3.45. The molecule has 5 rings (SSSR count). The lowest BCUT2D eigenvalue weighted by Gasteiger charge is -2.34. The third kappa shape index (κ3) is 2.88. The van der Waals surface area contributed by atoms with Gasteiger partial charge in [-0.25, -0.2) is 0 Å². The minimum absolute atomic E-state index is 0.124. The first-order valence-electron chi connectivity index (χ1n) is 10.2. The lowest BCUT2D eigenvalue weighted by Crippen LogP contribution is -2.44. The van der Waals surface area contributed by atoms with Crippen molar-refractivity contribution >= 4 is 33.5 Å². The number of carbonyl (C=O) groups excluding carboxylic acids is 1. The SMILES string of the molecule is N#CC1(C#N)[C@H](c2ccc(Br)cc2)[C@H](C(=O)c2ccccc2)N2c3cccnc3C=C[C@H]21. The fourth-order valence-corrected chi connectivity index (χ4v) is 5.20. The van der Waals surface area contributed by atoms with Crippen LogP contribution in [0, 0.1) is 28.1 Å². The van der Waals surface area contributed by atoms with E-state index in [0.29, 0.717) is 5.56 Å². The Hall–Kier alpha value is -3.74. The Morgan fingerprint density at radius 3 is 2.41 bits per heavy atom. The summed E-state index contributed by atoms with van der Waals surface area (Å²) in [7, 11) is 0. The maximum absolute atomic E-state index is 14.0. The zero-order chi connectivity index (χ0) is 22.3.